The summed E-state index contributed by atoms with van der Waals surface area (Å²) in [5.41, 5.74) is 34.0. The summed E-state index contributed by atoms with van der Waals surface area (Å²) < 4.78 is 10.8. The van der Waals surface area contributed by atoms with Crippen LogP contribution in [0.2, 0.25) is 0 Å². The van der Waals surface area contributed by atoms with E-state index in [9.17, 15) is 0 Å². The zero-order chi connectivity index (χ0) is 47.2. The molecule has 1 atom stereocenters. The molecule has 14 aromatic rings. The van der Waals surface area contributed by atoms with Gasteiger partial charge in [0, 0.05) is 65.8 Å². The number of nitrogens with zero attached hydrogens (tertiary/aromatic N) is 4. The number of rotatable bonds is 2. The Balaban J connectivity index is 1.08. The molecule has 8 heterocycles. The maximum absolute atomic E-state index is 2.84. The molecule has 72 heavy (non-hydrogen) atoms. The maximum atomic E-state index is 2.84. The fourth-order valence-corrected chi connectivity index (χ4v) is 15.0. The maximum Gasteiger partial charge on any atom is 0.333 e. The number of hydrogen-bond donors (Lipinski definition) is 0. The summed E-state index contributed by atoms with van der Waals surface area (Å²) in [5.74, 6) is 0. The third-order valence-corrected chi connectivity index (χ3v) is 17.7. The number of benzene rings is 10. The summed E-state index contributed by atoms with van der Waals surface area (Å²) in [6.45, 7) is 8.94. The lowest BCUT2D eigenvalue weighted by Crippen LogP contribution is -2.55. The van der Waals surface area contributed by atoms with Crippen LogP contribution in [-0.2, 0) is 0 Å². The largest absolute Gasteiger partial charge is 0.374 e. The van der Waals surface area contributed by atoms with Gasteiger partial charge in [0.25, 0.3) is 0 Å². The molecule has 0 amide bonds. The Morgan fingerprint density at radius 1 is 0.375 bits per heavy atom. The van der Waals surface area contributed by atoms with Gasteiger partial charge < -0.3 is 18.2 Å². The lowest BCUT2D eigenvalue weighted by Gasteiger charge is -2.37. The first-order valence-corrected chi connectivity index (χ1v) is 25.6. The van der Waals surface area contributed by atoms with Crippen LogP contribution in [0.15, 0.2) is 182 Å². The number of hydrogen-bond acceptors (Lipinski definition) is 0. The summed E-state index contributed by atoms with van der Waals surface area (Å²) in [5, 5.41) is 7.82. The molecule has 0 radical (unpaired) electrons. The second-order valence-electron chi connectivity index (χ2n) is 21.3. The summed E-state index contributed by atoms with van der Waals surface area (Å²) >= 11 is 0. The summed E-state index contributed by atoms with van der Waals surface area (Å²) in [4.78, 5) is 0. The SMILES string of the molecule is Cc1ccc(C)c(-c2ccc3c4c2-c2cccc5c2n(c2c6ccc(-c7cc(C)ccc7C)c7c6n(c52)C2c5c-7cccc5-n5c6ccccc6c6cccc2c65)B4c2cccc4c5ccccc5n-3c24)c1. The van der Waals surface area contributed by atoms with Gasteiger partial charge in [0.2, 0.25) is 0 Å². The molecule has 4 aliphatic heterocycles. The standard InChI is InChI=1S/C67H43BN4/c1-35-25-27-37(3)50(33-35)41-31-32-56-60-57(41)46-18-10-20-48-62(46)72(68(60)52-21-11-16-44-40-14-6-8-23-54(40)70(56)63(44)52)67-49-30-29-42(51-34-36(2)26-28-38(51)4)58-45-17-12-24-55-59(45)65(71(64(49)58)66(48)67)47-19-9-15-43-39-13-5-7-22-53(39)69(55)61(43)47/h5-34,65H,1-4H3. The molecule has 0 spiro atoms. The summed E-state index contributed by atoms with van der Waals surface area (Å²) in [6.07, 6.45) is 0. The normalized spacial score (nSPS) is 14.5. The molecule has 5 heteroatoms. The van der Waals surface area contributed by atoms with Crippen molar-refractivity contribution in [3.8, 4) is 55.9 Å². The summed E-state index contributed by atoms with van der Waals surface area (Å²) in [7, 11) is 0. The highest BCUT2D eigenvalue weighted by Gasteiger charge is 2.46. The van der Waals surface area contributed by atoms with Crippen molar-refractivity contribution in [2.45, 2.75) is 33.7 Å². The third kappa shape index (κ3) is 4.22. The first-order valence-electron chi connectivity index (χ1n) is 25.6. The quantitative estimate of drug-likeness (QED) is 0.154. The van der Waals surface area contributed by atoms with Crippen molar-refractivity contribution in [3.05, 3.63) is 215 Å². The second-order valence-corrected chi connectivity index (χ2v) is 21.3. The first-order chi connectivity index (χ1) is 35.4. The average Bonchev–Trinajstić information content (AvgIpc) is 4.15. The Kier molecular flexibility index (Phi) is 6.73. The average molecular weight is 915 g/mol. The van der Waals surface area contributed by atoms with E-state index < -0.39 is 0 Å². The van der Waals surface area contributed by atoms with Gasteiger partial charge in [-0.3, -0.25) is 0 Å². The molecule has 4 aliphatic rings. The Morgan fingerprint density at radius 3 is 1.74 bits per heavy atom. The predicted octanol–water partition coefficient (Wildman–Crippen LogP) is 15.4. The van der Waals surface area contributed by atoms with E-state index in [1.165, 1.54) is 177 Å². The molecular formula is C67H43BN4. The van der Waals surface area contributed by atoms with Crippen molar-refractivity contribution in [2.75, 3.05) is 0 Å². The van der Waals surface area contributed by atoms with Crippen LogP contribution in [0.5, 0.6) is 0 Å². The molecular weight excluding hydrogens is 872 g/mol. The van der Waals surface area contributed by atoms with E-state index in [4.69, 9.17) is 0 Å². The highest BCUT2D eigenvalue weighted by Crippen LogP contribution is 2.59. The van der Waals surface area contributed by atoms with Gasteiger partial charge in [0.05, 0.1) is 50.3 Å². The van der Waals surface area contributed by atoms with Crippen LogP contribution in [0.1, 0.15) is 39.4 Å². The van der Waals surface area contributed by atoms with Gasteiger partial charge in [0.15, 0.2) is 0 Å². The van der Waals surface area contributed by atoms with Crippen LogP contribution >= 0.6 is 0 Å². The minimum Gasteiger partial charge on any atom is -0.374 e. The zero-order valence-corrected chi connectivity index (χ0v) is 40.3. The molecule has 0 bridgehead atoms. The Labute approximate surface area is 415 Å². The minimum atomic E-state index is -0.0901. The molecule has 18 rings (SSSR count). The van der Waals surface area contributed by atoms with Gasteiger partial charge >= 0.3 is 6.85 Å². The lowest BCUT2D eigenvalue weighted by molar-refractivity contribution is 0.711. The van der Waals surface area contributed by atoms with Gasteiger partial charge in [-0.2, -0.15) is 0 Å². The Morgan fingerprint density at radius 2 is 0.972 bits per heavy atom. The highest BCUT2D eigenvalue weighted by molar-refractivity contribution is 6.90. The van der Waals surface area contributed by atoms with Crippen LogP contribution in [-0.4, -0.2) is 25.0 Å². The fraction of sp³-hybridized carbons (Fsp3) is 0.0746. The van der Waals surface area contributed by atoms with Crippen molar-refractivity contribution < 1.29 is 0 Å². The Bertz CT molecular complexity index is 4930. The van der Waals surface area contributed by atoms with Crippen LogP contribution in [0.4, 0.5) is 0 Å². The number of aryl methyl sites for hydroxylation is 4. The van der Waals surface area contributed by atoms with Crippen LogP contribution in [0.3, 0.4) is 0 Å². The van der Waals surface area contributed by atoms with Crippen molar-refractivity contribution in [1.29, 1.82) is 0 Å². The van der Waals surface area contributed by atoms with Gasteiger partial charge in [-0.15, -0.1) is 0 Å². The third-order valence-electron chi connectivity index (χ3n) is 17.7. The minimum absolute atomic E-state index is 0.0673. The first kappa shape index (κ1) is 38.0. The molecule has 1 unspecified atom stereocenters. The molecule has 0 fully saturated rings. The number of fused-ring (bicyclic) bond motifs is 19. The molecule has 334 valence electrons. The lowest BCUT2D eigenvalue weighted by atomic mass is 9.45. The Hall–Kier alpha value is -8.80. The zero-order valence-electron chi connectivity index (χ0n) is 40.3. The van der Waals surface area contributed by atoms with E-state index in [2.05, 4.69) is 228 Å². The van der Waals surface area contributed by atoms with E-state index in [0.717, 1.165) is 0 Å². The molecule has 0 aliphatic carbocycles. The number of para-hydroxylation sites is 5. The van der Waals surface area contributed by atoms with Gasteiger partial charge in [0.1, 0.15) is 0 Å². The van der Waals surface area contributed by atoms with Crippen LogP contribution in [0.25, 0.3) is 132 Å². The smallest absolute Gasteiger partial charge is 0.333 e. The number of aromatic nitrogens is 4. The van der Waals surface area contributed by atoms with E-state index in [0.29, 0.717) is 0 Å². The molecule has 0 saturated carbocycles. The van der Waals surface area contributed by atoms with Crippen molar-refractivity contribution in [2.24, 2.45) is 0 Å². The monoisotopic (exact) mass is 914 g/mol. The van der Waals surface area contributed by atoms with Crippen molar-refractivity contribution in [3.63, 3.8) is 0 Å². The van der Waals surface area contributed by atoms with Gasteiger partial charge in [-0.05, 0) is 107 Å². The second kappa shape index (κ2) is 12.7. The van der Waals surface area contributed by atoms with Gasteiger partial charge in [-0.1, -0.05) is 169 Å². The summed E-state index contributed by atoms with van der Waals surface area (Å²) in [6, 6.07) is 70.3. The molecule has 10 aromatic carbocycles. The van der Waals surface area contributed by atoms with E-state index in [1.54, 1.807) is 0 Å². The molecule has 4 nitrogen and oxygen atoms in total. The van der Waals surface area contributed by atoms with E-state index in [1.807, 2.05) is 0 Å². The topological polar surface area (TPSA) is 19.7 Å². The molecule has 0 N–H and O–H groups in total. The van der Waals surface area contributed by atoms with Crippen molar-refractivity contribution in [1.82, 2.24) is 18.2 Å². The van der Waals surface area contributed by atoms with Crippen LogP contribution in [0, 0.1) is 27.7 Å². The van der Waals surface area contributed by atoms with Gasteiger partial charge in [-0.25, -0.2) is 0 Å². The van der Waals surface area contributed by atoms with E-state index >= 15 is 0 Å². The van der Waals surface area contributed by atoms with Crippen molar-refractivity contribution >= 4 is 94.2 Å². The van der Waals surface area contributed by atoms with Crippen LogP contribution < -0.4 is 10.9 Å². The molecule has 0 saturated heterocycles. The molecule has 4 aromatic heterocycles. The predicted molar refractivity (Wildman–Crippen MR) is 302 cm³/mol. The highest BCUT2D eigenvalue weighted by atomic mass is 15.1. The fourth-order valence-electron chi connectivity index (χ4n) is 15.0. The van der Waals surface area contributed by atoms with E-state index in [-0.39, 0.29) is 12.9 Å².